The molecule has 0 spiro atoms. The van der Waals surface area contributed by atoms with Crippen molar-refractivity contribution in [3.05, 3.63) is 44.0 Å². The van der Waals surface area contributed by atoms with Crippen molar-refractivity contribution in [3.8, 4) is 0 Å². The standard InChI is InChI=1S/C8H5F3N2O4/c9-8(10,11)4-5-1-2-6(12(14)15)3-7(5)13(16)17/h1-3H,4H2. The molecular weight excluding hydrogens is 245 g/mol. The van der Waals surface area contributed by atoms with Gasteiger partial charge in [0, 0.05) is 11.6 Å². The van der Waals surface area contributed by atoms with E-state index in [1.807, 2.05) is 0 Å². The fourth-order valence-corrected chi connectivity index (χ4v) is 1.20. The second-order valence-corrected chi connectivity index (χ2v) is 3.12. The zero-order valence-electron chi connectivity index (χ0n) is 8.10. The van der Waals surface area contributed by atoms with Gasteiger partial charge >= 0.3 is 6.18 Å². The average Bonchev–Trinajstić information content (AvgIpc) is 2.14. The molecule has 0 aliphatic heterocycles. The summed E-state index contributed by atoms with van der Waals surface area (Å²) in [4.78, 5) is 18.8. The van der Waals surface area contributed by atoms with Crippen molar-refractivity contribution < 1.29 is 23.0 Å². The van der Waals surface area contributed by atoms with E-state index in [9.17, 15) is 33.4 Å². The van der Waals surface area contributed by atoms with Crippen LogP contribution in [0.5, 0.6) is 0 Å². The van der Waals surface area contributed by atoms with Crippen molar-refractivity contribution in [2.75, 3.05) is 0 Å². The van der Waals surface area contributed by atoms with Crippen molar-refractivity contribution >= 4 is 11.4 Å². The summed E-state index contributed by atoms with van der Waals surface area (Å²) in [5, 5.41) is 20.8. The van der Waals surface area contributed by atoms with Gasteiger partial charge in [0.1, 0.15) is 0 Å². The summed E-state index contributed by atoms with van der Waals surface area (Å²) >= 11 is 0. The molecule has 0 fully saturated rings. The number of benzene rings is 1. The minimum absolute atomic E-state index is 0.515. The lowest BCUT2D eigenvalue weighted by atomic mass is 10.1. The van der Waals surface area contributed by atoms with Gasteiger partial charge in [-0.25, -0.2) is 0 Å². The number of nitro groups is 2. The van der Waals surface area contributed by atoms with E-state index < -0.39 is 39.4 Å². The fraction of sp³-hybridized carbons (Fsp3) is 0.250. The molecule has 17 heavy (non-hydrogen) atoms. The normalized spacial score (nSPS) is 11.2. The van der Waals surface area contributed by atoms with Crippen molar-refractivity contribution in [2.45, 2.75) is 12.6 Å². The van der Waals surface area contributed by atoms with Crippen LogP contribution in [0, 0.1) is 20.2 Å². The van der Waals surface area contributed by atoms with E-state index in [4.69, 9.17) is 0 Å². The highest BCUT2D eigenvalue weighted by Gasteiger charge is 2.32. The molecule has 0 aliphatic rings. The summed E-state index contributed by atoms with van der Waals surface area (Å²) in [5.74, 6) is 0. The topological polar surface area (TPSA) is 86.3 Å². The van der Waals surface area contributed by atoms with E-state index in [0.717, 1.165) is 12.1 Å². The number of hydrogen-bond donors (Lipinski definition) is 0. The second kappa shape index (κ2) is 4.36. The number of non-ortho nitro benzene ring substituents is 1. The molecule has 0 aliphatic carbocycles. The van der Waals surface area contributed by atoms with E-state index in [-0.39, 0.29) is 0 Å². The molecule has 0 heterocycles. The summed E-state index contributed by atoms with van der Waals surface area (Å²) < 4.78 is 36.3. The van der Waals surface area contributed by atoms with E-state index in [1.54, 1.807) is 0 Å². The van der Waals surface area contributed by atoms with Gasteiger partial charge in [-0.15, -0.1) is 0 Å². The number of rotatable bonds is 3. The molecule has 6 nitrogen and oxygen atoms in total. The number of nitro benzene ring substituents is 2. The van der Waals surface area contributed by atoms with Gasteiger partial charge in [0.05, 0.1) is 22.3 Å². The van der Waals surface area contributed by atoms with Gasteiger partial charge in [0.25, 0.3) is 11.4 Å². The fourth-order valence-electron chi connectivity index (χ4n) is 1.20. The summed E-state index contributed by atoms with van der Waals surface area (Å²) in [6.45, 7) is 0. The first-order valence-corrected chi connectivity index (χ1v) is 4.19. The maximum atomic E-state index is 12.1. The Bertz CT molecular complexity index is 472. The molecular formula is C8H5F3N2O4. The SMILES string of the molecule is O=[N+]([O-])c1ccc(CC(F)(F)F)c([N+](=O)[O-])c1. The van der Waals surface area contributed by atoms with Gasteiger partial charge in [-0.1, -0.05) is 0 Å². The zero-order chi connectivity index (χ0) is 13.2. The minimum Gasteiger partial charge on any atom is -0.258 e. The number of halogens is 3. The Labute approximate surface area is 92.0 Å². The summed E-state index contributed by atoms with van der Waals surface area (Å²) in [5.41, 5.74) is -2.13. The third-order valence-corrected chi connectivity index (χ3v) is 1.87. The van der Waals surface area contributed by atoms with Crippen LogP contribution in [-0.2, 0) is 6.42 Å². The lowest BCUT2D eigenvalue weighted by Crippen LogP contribution is -2.13. The molecule has 1 rings (SSSR count). The van der Waals surface area contributed by atoms with Gasteiger partial charge in [-0.05, 0) is 6.07 Å². The zero-order valence-corrected chi connectivity index (χ0v) is 8.10. The van der Waals surface area contributed by atoms with Crippen LogP contribution in [0.3, 0.4) is 0 Å². The monoisotopic (exact) mass is 250 g/mol. The van der Waals surface area contributed by atoms with Gasteiger partial charge in [-0.2, -0.15) is 13.2 Å². The van der Waals surface area contributed by atoms with E-state index in [1.165, 1.54) is 0 Å². The van der Waals surface area contributed by atoms with E-state index in [0.29, 0.717) is 6.07 Å². The van der Waals surface area contributed by atoms with Crippen molar-refractivity contribution in [1.29, 1.82) is 0 Å². The molecule has 0 saturated heterocycles. The lowest BCUT2D eigenvalue weighted by Gasteiger charge is -2.06. The Kier molecular flexibility index (Phi) is 3.30. The molecule has 0 N–H and O–H groups in total. The maximum Gasteiger partial charge on any atom is 0.393 e. The van der Waals surface area contributed by atoms with Gasteiger partial charge in [-0.3, -0.25) is 20.2 Å². The van der Waals surface area contributed by atoms with Gasteiger partial charge < -0.3 is 0 Å². The third-order valence-electron chi connectivity index (χ3n) is 1.87. The van der Waals surface area contributed by atoms with Crippen LogP contribution in [-0.4, -0.2) is 16.0 Å². The minimum atomic E-state index is -4.61. The molecule has 0 unspecified atom stereocenters. The summed E-state index contributed by atoms with van der Waals surface area (Å²) in [6, 6.07) is 2.05. The third kappa shape index (κ3) is 3.40. The van der Waals surface area contributed by atoms with Crippen LogP contribution in [0.4, 0.5) is 24.5 Å². The first-order valence-electron chi connectivity index (χ1n) is 4.19. The van der Waals surface area contributed by atoms with Crippen LogP contribution in [0.1, 0.15) is 5.56 Å². The van der Waals surface area contributed by atoms with Gasteiger partial charge in [0.15, 0.2) is 0 Å². The van der Waals surface area contributed by atoms with Crippen molar-refractivity contribution in [2.24, 2.45) is 0 Å². The molecule has 1 aromatic rings. The average molecular weight is 250 g/mol. The van der Waals surface area contributed by atoms with Crippen molar-refractivity contribution in [1.82, 2.24) is 0 Å². The van der Waals surface area contributed by atoms with Crippen molar-refractivity contribution in [3.63, 3.8) is 0 Å². The van der Waals surface area contributed by atoms with Crippen LogP contribution >= 0.6 is 0 Å². The summed E-state index contributed by atoms with van der Waals surface area (Å²) in [7, 11) is 0. The molecule has 9 heteroatoms. The number of hydrogen-bond acceptors (Lipinski definition) is 4. The van der Waals surface area contributed by atoms with Crippen LogP contribution in [0.15, 0.2) is 18.2 Å². The van der Waals surface area contributed by atoms with E-state index in [2.05, 4.69) is 0 Å². The molecule has 0 radical (unpaired) electrons. The molecule has 0 aromatic heterocycles. The maximum absolute atomic E-state index is 12.1. The Balaban J connectivity index is 3.23. The highest BCUT2D eigenvalue weighted by molar-refractivity contribution is 5.49. The van der Waals surface area contributed by atoms with Crippen LogP contribution < -0.4 is 0 Å². The van der Waals surface area contributed by atoms with Crippen LogP contribution in [0.25, 0.3) is 0 Å². The molecule has 92 valence electrons. The summed E-state index contributed by atoms with van der Waals surface area (Å²) in [6.07, 6.45) is -6.11. The smallest absolute Gasteiger partial charge is 0.258 e. The Morgan fingerprint density at radius 1 is 1.12 bits per heavy atom. The Morgan fingerprint density at radius 3 is 2.12 bits per heavy atom. The highest BCUT2D eigenvalue weighted by Crippen LogP contribution is 2.30. The number of nitrogens with zero attached hydrogens (tertiary/aromatic N) is 2. The lowest BCUT2D eigenvalue weighted by molar-refractivity contribution is -0.394. The molecule has 0 atom stereocenters. The number of alkyl halides is 3. The highest BCUT2D eigenvalue weighted by atomic mass is 19.4. The Morgan fingerprint density at radius 2 is 1.71 bits per heavy atom. The Hall–Kier alpha value is -2.19. The molecule has 0 saturated carbocycles. The van der Waals surface area contributed by atoms with E-state index >= 15 is 0 Å². The predicted octanol–water partition coefficient (Wildman–Crippen LogP) is 2.61. The largest absolute Gasteiger partial charge is 0.393 e. The van der Waals surface area contributed by atoms with Gasteiger partial charge in [0.2, 0.25) is 0 Å². The molecule has 0 amide bonds. The predicted molar refractivity (Wildman–Crippen MR) is 49.5 cm³/mol. The second-order valence-electron chi connectivity index (χ2n) is 3.12. The first-order chi connectivity index (χ1) is 7.70. The van der Waals surface area contributed by atoms with Crippen LogP contribution in [0.2, 0.25) is 0 Å². The first kappa shape index (κ1) is 12.9. The quantitative estimate of drug-likeness (QED) is 0.609. The molecule has 1 aromatic carbocycles. The molecule has 0 bridgehead atoms.